The molecule has 0 saturated carbocycles. The largest absolute Gasteiger partial charge is 0.399 e. The van der Waals surface area contributed by atoms with Crippen LogP contribution < -0.4 is 10.6 Å². The molecule has 1 aliphatic heterocycles. The third kappa shape index (κ3) is 1.98. The normalized spacial score (nSPS) is 14.5. The first-order valence-electron chi connectivity index (χ1n) is 5.69. The van der Waals surface area contributed by atoms with Crippen LogP contribution in [0.5, 0.6) is 0 Å². The number of benzene rings is 2. The summed E-state index contributed by atoms with van der Waals surface area (Å²) in [6, 6.07) is 16.6. The number of rotatable bonds is 1. The van der Waals surface area contributed by atoms with Crippen LogP contribution in [0.15, 0.2) is 53.4 Å². The Kier molecular flexibility index (Phi) is 2.69. The lowest BCUT2D eigenvalue weighted by Gasteiger charge is -2.31. The van der Waals surface area contributed by atoms with Gasteiger partial charge in [-0.1, -0.05) is 18.2 Å². The van der Waals surface area contributed by atoms with Crippen molar-refractivity contribution < 1.29 is 0 Å². The Morgan fingerprint density at radius 3 is 2.71 bits per heavy atom. The van der Waals surface area contributed by atoms with E-state index in [1.165, 1.54) is 16.3 Å². The van der Waals surface area contributed by atoms with Gasteiger partial charge in [0.2, 0.25) is 0 Å². The van der Waals surface area contributed by atoms with Crippen molar-refractivity contribution in [3.05, 3.63) is 48.5 Å². The Hall–Kier alpha value is -1.61. The van der Waals surface area contributed by atoms with Gasteiger partial charge in [-0.05, 0) is 30.3 Å². The smallest absolute Gasteiger partial charge is 0.0569 e. The number of para-hydroxylation sites is 1. The van der Waals surface area contributed by atoms with Crippen LogP contribution in [0, 0.1) is 0 Å². The maximum Gasteiger partial charge on any atom is 0.0569 e. The van der Waals surface area contributed by atoms with E-state index in [1.807, 2.05) is 23.9 Å². The molecule has 0 aliphatic carbocycles. The molecule has 2 aromatic carbocycles. The number of thioether (sulfide) groups is 1. The van der Waals surface area contributed by atoms with Gasteiger partial charge >= 0.3 is 0 Å². The summed E-state index contributed by atoms with van der Waals surface area (Å²) in [5.41, 5.74) is 9.18. The zero-order chi connectivity index (χ0) is 11.7. The highest BCUT2D eigenvalue weighted by molar-refractivity contribution is 7.99. The van der Waals surface area contributed by atoms with Gasteiger partial charge in [0.25, 0.3) is 0 Å². The number of hydrogen-bond donors (Lipinski definition) is 1. The molecule has 0 spiro atoms. The van der Waals surface area contributed by atoms with Crippen molar-refractivity contribution in [2.24, 2.45) is 0 Å². The van der Waals surface area contributed by atoms with E-state index in [4.69, 9.17) is 5.73 Å². The van der Waals surface area contributed by atoms with E-state index in [0.29, 0.717) is 0 Å². The number of nitrogens with two attached hydrogens (primary N) is 1. The fraction of sp³-hybridized carbons (Fsp3) is 0.143. The van der Waals surface area contributed by atoms with E-state index in [2.05, 4.69) is 41.3 Å². The van der Waals surface area contributed by atoms with Crippen molar-refractivity contribution >= 4 is 28.8 Å². The first-order chi connectivity index (χ1) is 8.34. The summed E-state index contributed by atoms with van der Waals surface area (Å²) in [6.07, 6.45) is 0. The summed E-state index contributed by atoms with van der Waals surface area (Å²) in [6.45, 7) is 1.03. The molecule has 0 amide bonds. The molecular formula is C14H14N2S. The number of nitrogens with zero attached hydrogens (tertiary/aromatic N) is 1. The predicted molar refractivity (Wildman–Crippen MR) is 75.0 cm³/mol. The standard InChI is InChI=1S/C14H14N2S/c15-11-6-7-14-13(10-11)16(8-9-17-14)12-4-2-1-3-5-12/h1-7,10H,8-9,15H2. The van der Waals surface area contributed by atoms with Crippen LogP contribution in [0.3, 0.4) is 0 Å². The van der Waals surface area contributed by atoms with Crippen LogP contribution in [0.2, 0.25) is 0 Å². The minimum atomic E-state index is 0.826. The van der Waals surface area contributed by atoms with Gasteiger partial charge in [0.15, 0.2) is 0 Å². The van der Waals surface area contributed by atoms with Gasteiger partial charge in [0.05, 0.1) is 5.69 Å². The molecule has 0 saturated heterocycles. The van der Waals surface area contributed by atoms with Crippen molar-refractivity contribution in [2.45, 2.75) is 4.90 Å². The Morgan fingerprint density at radius 1 is 1.06 bits per heavy atom. The van der Waals surface area contributed by atoms with Crippen LogP contribution in [0.4, 0.5) is 17.1 Å². The molecule has 1 aliphatic rings. The van der Waals surface area contributed by atoms with E-state index >= 15 is 0 Å². The molecule has 2 aromatic rings. The lowest BCUT2D eigenvalue weighted by molar-refractivity contribution is 0.996. The third-order valence-corrected chi connectivity index (χ3v) is 3.96. The van der Waals surface area contributed by atoms with Gasteiger partial charge in [-0.25, -0.2) is 0 Å². The molecule has 0 aromatic heterocycles. The van der Waals surface area contributed by atoms with Gasteiger partial charge in [0, 0.05) is 28.6 Å². The van der Waals surface area contributed by atoms with Gasteiger partial charge in [0.1, 0.15) is 0 Å². The first-order valence-corrected chi connectivity index (χ1v) is 6.68. The van der Waals surface area contributed by atoms with Crippen LogP contribution >= 0.6 is 11.8 Å². The summed E-state index contributed by atoms with van der Waals surface area (Å²) >= 11 is 1.90. The van der Waals surface area contributed by atoms with Crippen LogP contribution in [0.25, 0.3) is 0 Å². The maximum absolute atomic E-state index is 5.89. The molecule has 0 atom stereocenters. The average Bonchev–Trinajstić information content (AvgIpc) is 2.39. The summed E-state index contributed by atoms with van der Waals surface area (Å²) in [7, 11) is 0. The molecule has 1 heterocycles. The van der Waals surface area contributed by atoms with Crippen LogP contribution in [0.1, 0.15) is 0 Å². The molecular weight excluding hydrogens is 228 g/mol. The van der Waals surface area contributed by atoms with Gasteiger partial charge in [-0.15, -0.1) is 11.8 Å². The molecule has 0 bridgehead atoms. The molecule has 0 radical (unpaired) electrons. The Bertz CT molecular complexity index is 525. The summed E-state index contributed by atoms with van der Waals surface area (Å²) in [4.78, 5) is 3.65. The fourth-order valence-corrected chi connectivity index (χ4v) is 3.09. The second-order valence-electron chi connectivity index (χ2n) is 4.06. The second kappa shape index (κ2) is 4.34. The quantitative estimate of drug-likeness (QED) is 0.776. The highest BCUT2D eigenvalue weighted by atomic mass is 32.2. The number of anilines is 3. The molecule has 2 nitrogen and oxygen atoms in total. The molecule has 0 fully saturated rings. The number of hydrogen-bond acceptors (Lipinski definition) is 3. The Morgan fingerprint density at radius 2 is 1.88 bits per heavy atom. The fourth-order valence-electron chi connectivity index (χ4n) is 2.11. The minimum Gasteiger partial charge on any atom is -0.399 e. The van der Waals surface area contributed by atoms with E-state index in [9.17, 15) is 0 Å². The van der Waals surface area contributed by atoms with Crippen molar-refractivity contribution in [3.63, 3.8) is 0 Å². The Labute approximate surface area is 105 Å². The van der Waals surface area contributed by atoms with E-state index in [1.54, 1.807) is 0 Å². The van der Waals surface area contributed by atoms with Gasteiger partial charge in [-0.3, -0.25) is 0 Å². The lowest BCUT2D eigenvalue weighted by Crippen LogP contribution is -2.24. The Balaban J connectivity index is 2.08. The van der Waals surface area contributed by atoms with Crippen molar-refractivity contribution in [3.8, 4) is 0 Å². The second-order valence-corrected chi connectivity index (χ2v) is 5.20. The average molecular weight is 242 g/mol. The van der Waals surface area contributed by atoms with Gasteiger partial charge < -0.3 is 10.6 Å². The summed E-state index contributed by atoms with van der Waals surface area (Å²) in [5, 5.41) is 0. The molecule has 0 unspecified atom stereocenters. The SMILES string of the molecule is Nc1ccc2c(c1)N(c1ccccc1)CCS2. The number of fused-ring (bicyclic) bond motifs is 1. The summed E-state index contributed by atoms with van der Waals surface area (Å²) < 4.78 is 0. The predicted octanol–water partition coefficient (Wildman–Crippen LogP) is 3.51. The lowest BCUT2D eigenvalue weighted by atomic mass is 10.2. The molecule has 3 rings (SSSR count). The first kappa shape index (κ1) is 10.5. The van der Waals surface area contributed by atoms with E-state index in [-0.39, 0.29) is 0 Å². The van der Waals surface area contributed by atoms with Gasteiger partial charge in [-0.2, -0.15) is 0 Å². The zero-order valence-corrected chi connectivity index (χ0v) is 10.3. The van der Waals surface area contributed by atoms with E-state index < -0.39 is 0 Å². The topological polar surface area (TPSA) is 29.3 Å². The summed E-state index contributed by atoms with van der Waals surface area (Å²) in [5.74, 6) is 1.12. The maximum atomic E-state index is 5.89. The highest BCUT2D eigenvalue weighted by Gasteiger charge is 2.18. The van der Waals surface area contributed by atoms with Crippen molar-refractivity contribution in [1.82, 2.24) is 0 Å². The molecule has 86 valence electrons. The monoisotopic (exact) mass is 242 g/mol. The third-order valence-electron chi connectivity index (χ3n) is 2.91. The van der Waals surface area contributed by atoms with Crippen LogP contribution in [-0.2, 0) is 0 Å². The zero-order valence-electron chi connectivity index (χ0n) is 9.47. The number of nitrogen functional groups attached to an aromatic ring is 1. The highest BCUT2D eigenvalue weighted by Crippen LogP contribution is 2.39. The minimum absolute atomic E-state index is 0.826. The molecule has 2 N–H and O–H groups in total. The molecule has 17 heavy (non-hydrogen) atoms. The van der Waals surface area contributed by atoms with E-state index in [0.717, 1.165) is 18.0 Å². The van der Waals surface area contributed by atoms with Crippen molar-refractivity contribution in [2.75, 3.05) is 22.9 Å². The van der Waals surface area contributed by atoms with Crippen molar-refractivity contribution in [1.29, 1.82) is 0 Å². The molecule has 3 heteroatoms. The van der Waals surface area contributed by atoms with Crippen LogP contribution in [-0.4, -0.2) is 12.3 Å².